The van der Waals surface area contributed by atoms with E-state index in [-0.39, 0.29) is 25.7 Å². The minimum absolute atomic E-state index is 0.106. The molecular formula is C77H150O17P2. The molecule has 0 saturated heterocycles. The topological polar surface area (TPSA) is 237 Å². The maximum absolute atomic E-state index is 13.1. The van der Waals surface area contributed by atoms with Crippen LogP contribution >= 0.6 is 15.6 Å². The number of phosphoric ester groups is 2. The zero-order chi connectivity index (χ0) is 70.5. The van der Waals surface area contributed by atoms with Crippen molar-refractivity contribution in [3.05, 3.63) is 0 Å². The zero-order valence-electron chi connectivity index (χ0n) is 62.5. The Morgan fingerprint density at radius 2 is 0.479 bits per heavy atom. The molecule has 0 aliphatic heterocycles. The first-order valence-electron chi connectivity index (χ1n) is 40.1. The number of carbonyl (C=O) groups is 4. The second-order valence-corrected chi connectivity index (χ2v) is 31.1. The average Bonchev–Trinajstić information content (AvgIpc) is 2.66. The third kappa shape index (κ3) is 70.5. The molecule has 0 heterocycles. The summed E-state index contributed by atoms with van der Waals surface area (Å²) in [4.78, 5) is 72.6. The Morgan fingerprint density at radius 3 is 0.708 bits per heavy atom. The fraction of sp³-hybridized carbons (Fsp3) is 0.948. The van der Waals surface area contributed by atoms with E-state index in [0.29, 0.717) is 25.7 Å². The summed E-state index contributed by atoms with van der Waals surface area (Å²) in [5.74, 6) is -1.30. The number of phosphoric acid groups is 2. The lowest BCUT2D eigenvalue weighted by Crippen LogP contribution is -2.30. The van der Waals surface area contributed by atoms with Crippen LogP contribution in [-0.2, 0) is 65.4 Å². The number of aliphatic hydroxyl groups excluding tert-OH is 1. The molecule has 0 aliphatic rings. The second-order valence-electron chi connectivity index (χ2n) is 28.2. The smallest absolute Gasteiger partial charge is 0.462 e. The van der Waals surface area contributed by atoms with Crippen molar-refractivity contribution >= 4 is 39.5 Å². The number of aliphatic hydroxyl groups is 1. The number of rotatable bonds is 77. The van der Waals surface area contributed by atoms with E-state index in [9.17, 15) is 43.2 Å². The third-order valence-corrected chi connectivity index (χ3v) is 19.9. The largest absolute Gasteiger partial charge is 0.472 e. The van der Waals surface area contributed by atoms with Gasteiger partial charge in [-0.3, -0.25) is 37.3 Å². The predicted molar refractivity (Wildman–Crippen MR) is 391 cm³/mol. The molecule has 0 radical (unpaired) electrons. The Morgan fingerprint density at radius 1 is 0.281 bits per heavy atom. The Kier molecular flexibility index (Phi) is 68.7. The van der Waals surface area contributed by atoms with Gasteiger partial charge in [0.25, 0.3) is 0 Å². The van der Waals surface area contributed by atoms with E-state index in [1.54, 1.807) is 0 Å². The Hall–Kier alpha value is -1.94. The van der Waals surface area contributed by atoms with Gasteiger partial charge in [0.05, 0.1) is 26.4 Å². The highest BCUT2D eigenvalue weighted by molar-refractivity contribution is 7.47. The lowest BCUT2D eigenvalue weighted by molar-refractivity contribution is -0.161. The fourth-order valence-corrected chi connectivity index (χ4v) is 13.5. The molecule has 570 valence electrons. The molecule has 0 amide bonds. The van der Waals surface area contributed by atoms with Gasteiger partial charge in [-0.1, -0.05) is 356 Å². The van der Waals surface area contributed by atoms with E-state index in [1.807, 2.05) is 0 Å². The maximum atomic E-state index is 13.1. The van der Waals surface area contributed by atoms with Gasteiger partial charge in [-0.15, -0.1) is 0 Å². The molecule has 0 rings (SSSR count). The summed E-state index contributed by atoms with van der Waals surface area (Å²) in [5, 5.41) is 10.6. The fourth-order valence-electron chi connectivity index (χ4n) is 11.9. The van der Waals surface area contributed by atoms with Gasteiger partial charge in [0, 0.05) is 25.7 Å². The summed E-state index contributed by atoms with van der Waals surface area (Å²) < 4.78 is 68.3. The van der Waals surface area contributed by atoms with E-state index in [4.69, 9.17) is 37.0 Å². The Balaban J connectivity index is 5.13. The molecule has 96 heavy (non-hydrogen) atoms. The van der Waals surface area contributed by atoms with Crippen LogP contribution in [0.3, 0.4) is 0 Å². The minimum Gasteiger partial charge on any atom is -0.462 e. The van der Waals surface area contributed by atoms with Gasteiger partial charge in [-0.05, 0) is 31.6 Å². The molecule has 0 spiro atoms. The predicted octanol–water partition coefficient (Wildman–Crippen LogP) is 22.9. The third-order valence-electron chi connectivity index (χ3n) is 18.0. The molecular weight excluding hydrogens is 1260 g/mol. The highest BCUT2D eigenvalue weighted by Crippen LogP contribution is 2.45. The van der Waals surface area contributed by atoms with E-state index in [1.165, 1.54) is 218 Å². The summed E-state index contributed by atoms with van der Waals surface area (Å²) in [5.41, 5.74) is 0. The number of carbonyl (C=O) groups excluding carboxylic acids is 4. The van der Waals surface area contributed by atoms with Crippen molar-refractivity contribution in [2.75, 3.05) is 39.6 Å². The first-order valence-corrected chi connectivity index (χ1v) is 43.1. The van der Waals surface area contributed by atoms with Crippen LogP contribution in [0.2, 0.25) is 0 Å². The maximum Gasteiger partial charge on any atom is 0.472 e. The number of unbranched alkanes of at least 4 members (excludes halogenated alkanes) is 49. The number of hydrogen-bond donors (Lipinski definition) is 3. The molecule has 0 aromatic rings. The molecule has 0 bridgehead atoms. The molecule has 2 unspecified atom stereocenters. The molecule has 3 N–H and O–H groups in total. The zero-order valence-corrected chi connectivity index (χ0v) is 64.3. The van der Waals surface area contributed by atoms with Gasteiger partial charge < -0.3 is 33.8 Å². The monoisotopic (exact) mass is 1410 g/mol. The molecule has 0 fully saturated rings. The molecule has 0 aliphatic carbocycles. The first-order chi connectivity index (χ1) is 46.5. The number of ether oxygens (including phenoxy) is 4. The molecule has 5 atom stereocenters. The van der Waals surface area contributed by atoms with Crippen LogP contribution in [0.15, 0.2) is 0 Å². The van der Waals surface area contributed by atoms with Gasteiger partial charge in [0.2, 0.25) is 0 Å². The Labute approximate surface area is 588 Å². The molecule has 17 nitrogen and oxygen atoms in total. The van der Waals surface area contributed by atoms with Gasteiger partial charge in [-0.2, -0.15) is 0 Å². The number of esters is 4. The molecule has 19 heteroatoms. The van der Waals surface area contributed by atoms with E-state index in [0.717, 1.165) is 109 Å². The highest BCUT2D eigenvalue weighted by atomic mass is 31.2. The van der Waals surface area contributed by atoms with Crippen molar-refractivity contribution in [1.29, 1.82) is 0 Å². The Bertz CT molecular complexity index is 1840. The average molecular weight is 1410 g/mol. The first kappa shape index (κ1) is 94.1. The van der Waals surface area contributed by atoms with Crippen molar-refractivity contribution in [1.82, 2.24) is 0 Å². The van der Waals surface area contributed by atoms with Gasteiger partial charge in [0.15, 0.2) is 12.2 Å². The van der Waals surface area contributed by atoms with Crippen LogP contribution in [0.25, 0.3) is 0 Å². The van der Waals surface area contributed by atoms with Crippen molar-refractivity contribution < 1.29 is 80.2 Å². The van der Waals surface area contributed by atoms with Crippen molar-refractivity contribution in [2.24, 2.45) is 5.92 Å². The quantitative estimate of drug-likeness (QED) is 0.0222. The minimum atomic E-state index is -4.96. The second kappa shape index (κ2) is 70.1. The molecule has 0 saturated carbocycles. The lowest BCUT2D eigenvalue weighted by Gasteiger charge is -2.21. The summed E-state index contributed by atoms with van der Waals surface area (Å²) in [6.45, 7) is 7.27. The van der Waals surface area contributed by atoms with E-state index < -0.39 is 97.5 Å². The van der Waals surface area contributed by atoms with E-state index in [2.05, 4.69) is 34.6 Å². The van der Waals surface area contributed by atoms with Crippen molar-refractivity contribution in [3.8, 4) is 0 Å². The van der Waals surface area contributed by atoms with Crippen LogP contribution in [-0.4, -0.2) is 96.7 Å². The highest BCUT2D eigenvalue weighted by Gasteiger charge is 2.30. The van der Waals surface area contributed by atoms with Crippen molar-refractivity contribution in [3.63, 3.8) is 0 Å². The van der Waals surface area contributed by atoms with Gasteiger partial charge in [-0.25, -0.2) is 9.13 Å². The molecule has 0 aromatic carbocycles. The summed E-state index contributed by atoms with van der Waals surface area (Å²) in [6, 6.07) is 0. The lowest BCUT2D eigenvalue weighted by atomic mass is 10.0. The van der Waals surface area contributed by atoms with Crippen LogP contribution in [0.4, 0.5) is 0 Å². The summed E-state index contributed by atoms with van der Waals surface area (Å²) in [7, 11) is -9.90. The standard InChI is InChI=1S/C77H150O17P2/c1-6-9-12-15-18-20-21-22-23-24-25-29-32-35-38-42-46-51-56-61-75(80)88-67-73(94-77(82)63-58-53-48-43-39-36-33-30-27-26-28-31-34-37-41-45-49-54-59-70(4)5)69-92-96(85,86)90-65-71(78)64-89-95(83,84)91-68-72(66-87-74(79)60-55-50-44-17-14-11-8-3)93-76(81)62-57-52-47-40-19-16-13-10-7-2/h70-73,78H,6-69H2,1-5H3,(H,83,84)(H,85,86)/t71-,72+,73+/m0/s1. The van der Waals surface area contributed by atoms with Crippen LogP contribution < -0.4 is 0 Å². The van der Waals surface area contributed by atoms with Gasteiger partial charge >= 0.3 is 39.5 Å². The SMILES string of the molecule is CCCCCCCCCCCCCCCCCCCCCC(=O)OC[C@H](COP(=O)(O)OC[C@@H](O)COP(=O)(O)OC[C@@H](COC(=O)CCCCCCCCC)OC(=O)CCCCCCCCCCC)OC(=O)CCCCCCCCCCCCCCCCCCCCC(C)C. The normalized spacial score (nSPS) is 13.9. The summed E-state index contributed by atoms with van der Waals surface area (Å²) >= 11 is 0. The van der Waals surface area contributed by atoms with Crippen LogP contribution in [0.1, 0.15) is 407 Å². The molecule has 0 aromatic heterocycles. The van der Waals surface area contributed by atoms with E-state index >= 15 is 0 Å². The van der Waals surface area contributed by atoms with Crippen molar-refractivity contribution in [2.45, 2.75) is 425 Å². The number of hydrogen-bond acceptors (Lipinski definition) is 15. The van der Waals surface area contributed by atoms with Gasteiger partial charge in [0.1, 0.15) is 19.3 Å². The van der Waals surface area contributed by atoms with Crippen LogP contribution in [0, 0.1) is 5.92 Å². The van der Waals surface area contributed by atoms with Crippen LogP contribution in [0.5, 0.6) is 0 Å². The summed E-state index contributed by atoms with van der Waals surface area (Å²) in [6.07, 6.45) is 60.0.